The predicted octanol–water partition coefficient (Wildman–Crippen LogP) is 1.33. The van der Waals surface area contributed by atoms with Gasteiger partial charge in [-0.1, -0.05) is 0 Å². The molecule has 94 valence electrons. The summed E-state index contributed by atoms with van der Waals surface area (Å²) >= 11 is 1.62. The Morgan fingerprint density at radius 3 is 3.06 bits per heavy atom. The van der Waals surface area contributed by atoms with Gasteiger partial charge in [0.15, 0.2) is 10.8 Å². The van der Waals surface area contributed by atoms with Gasteiger partial charge in [0.1, 0.15) is 0 Å². The number of hydrogen-bond acceptors (Lipinski definition) is 5. The molecule has 2 rings (SSSR count). The maximum atomic E-state index is 5.82. The summed E-state index contributed by atoms with van der Waals surface area (Å²) < 4.78 is 7.22. The average Bonchev–Trinajstić information content (AvgIpc) is 2.87. The molecule has 2 aromatic heterocycles. The average molecular weight is 254 g/mol. The normalized spacial score (nSPS) is 13.2. The number of imidazole rings is 1. The van der Waals surface area contributed by atoms with Gasteiger partial charge in [-0.2, -0.15) is 0 Å². The van der Waals surface area contributed by atoms with E-state index in [0.717, 1.165) is 16.5 Å². The number of anilines is 1. The summed E-state index contributed by atoms with van der Waals surface area (Å²) in [6.07, 6.45) is 2.01. The van der Waals surface area contributed by atoms with Crippen molar-refractivity contribution in [2.45, 2.75) is 19.5 Å². The minimum atomic E-state index is 0.273. The number of methoxy groups -OCH3 is 1. The van der Waals surface area contributed by atoms with Gasteiger partial charge in [-0.15, -0.1) is 11.3 Å². The van der Waals surface area contributed by atoms with Crippen LogP contribution in [0.5, 0.6) is 0 Å². The first-order valence-electron chi connectivity index (χ1n) is 5.55. The highest BCUT2D eigenvalue weighted by Gasteiger charge is 2.18. The Morgan fingerprint density at radius 1 is 1.65 bits per heavy atom. The van der Waals surface area contributed by atoms with Crippen LogP contribution in [-0.2, 0) is 11.3 Å². The van der Waals surface area contributed by atoms with Crippen LogP contribution in [0.15, 0.2) is 11.6 Å². The van der Waals surface area contributed by atoms with Crippen molar-refractivity contribution < 1.29 is 4.74 Å². The number of ether oxygens (including phenoxy) is 1. The van der Waals surface area contributed by atoms with Crippen molar-refractivity contribution in [2.75, 3.05) is 25.7 Å². The molecule has 0 fully saturated rings. The third-order valence-corrected chi connectivity index (χ3v) is 3.69. The summed E-state index contributed by atoms with van der Waals surface area (Å²) in [5, 5.41) is 2.02. The lowest BCUT2D eigenvalue weighted by Gasteiger charge is -2.25. The highest BCUT2D eigenvalue weighted by Crippen LogP contribution is 2.24. The molecule has 0 radical (unpaired) electrons. The van der Waals surface area contributed by atoms with Crippen LogP contribution in [0.3, 0.4) is 0 Å². The van der Waals surface area contributed by atoms with Crippen LogP contribution in [0.4, 0.5) is 5.82 Å². The molecule has 5 nitrogen and oxygen atoms in total. The molecule has 2 N–H and O–H groups in total. The molecule has 0 aliphatic carbocycles. The van der Waals surface area contributed by atoms with Gasteiger partial charge >= 0.3 is 0 Å². The van der Waals surface area contributed by atoms with E-state index in [1.807, 2.05) is 18.6 Å². The van der Waals surface area contributed by atoms with Crippen molar-refractivity contribution in [3.8, 4) is 0 Å². The van der Waals surface area contributed by atoms with Crippen molar-refractivity contribution in [3.63, 3.8) is 0 Å². The number of aromatic nitrogens is 2. The highest BCUT2D eigenvalue weighted by atomic mass is 32.1. The lowest BCUT2D eigenvalue weighted by Crippen LogP contribution is -2.33. The van der Waals surface area contributed by atoms with Crippen molar-refractivity contribution >= 4 is 22.1 Å². The molecule has 0 aliphatic rings. The third kappa shape index (κ3) is 2.15. The summed E-state index contributed by atoms with van der Waals surface area (Å²) in [5.74, 6) is 0.948. The SMILES string of the molecule is COCC(C)N(C)c1nc2sccn2c1CN. The van der Waals surface area contributed by atoms with Crippen molar-refractivity contribution in [2.24, 2.45) is 5.73 Å². The molecule has 6 heteroatoms. The van der Waals surface area contributed by atoms with Crippen molar-refractivity contribution in [1.29, 1.82) is 0 Å². The summed E-state index contributed by atoms with van der Waals surface area (Å²) in [4.78, 5) is 7.72. The number of fused-ring (bicyclic) bond motifs is 1. The molecule has 0 saturated heterocycles. The molecule has 17 heavy (non-hydrogen) atoms. The summed E-state index contributed by atoms with van der Waals surface area (Å²) in [6, 6.07) is 0.273. The van der Waals surface area contributed by atoms with Gasteiger partial charge in [0.05, 0.1) is 18.3 Å². The molecule has 2 heterocycles. The molecule has 0 bridgehead atoms. The van der Waals surface area contributed by atoms with Gasteiger partial charge in [0.2, 0.25) is 0 Å². The first kappa shape index (κ1) is 12.3. The fourth-order valence-corrected chi connectivity index (χ4v) is 2.58. The number of hydrogen-bond donors (Lipinski definition) is 1. The van der Waals surface area contributed by atoms with E-state index in [9.17, 15) is 0 Å². The molecular formula is C11H18N4OS. The lowest BCUT2D eigenvalue weighted by molar-refractivity contribution is 0.183. The Balaban J connectivity index is 2.36. The molecule has 2 aromatic rings. The molecular weight excluding hydrogens is 236 g/mol. The second-order valence-electron chi connectivity index (χ2n) is 4.06. The van der Waals surface area contributed by atoms with Crippen LogP contribution >= 0.6 is 11.3 Å². The zero-order valence-electron chi connectivity index (χ0n) is 10.4. The highest BCUT2D eigenvalue weighted by molar-refractivity contribution is 7.15. The van der Waals surface area contributed by atoms with E-state index in [-0.39, 0.29) is 6.04 Å². The Labute approximate surface area is 105 Å². The van der Waals surface area contributed by atoms with Gasteiger partial charge in [-0.05, 0) is 6.92 Å². The van der Waals surface area contributed by atoms with Gasteiger partial charge in [-0.3, -0.25) is 4.40 Å². The van der Waals surface area contributed by atoms with Gasteiger partial charge in [-0.25, -0.2) is 4.98 Å². The van der Waals surface area contributed by atoms with E-state index in [1.54, 1.807) is 18.4 Å². The van der Waals surface area contributed by atoms with Crippen LogP contribution in [0, 0.1) is 0 Å². The number of nitrogens with zero attached hydrogens (tertiary/aromatic N) is 3. The van der Waals surface area contributed by atoms with Crippen LogP contribution in [-0.4, -0.2) is 36.2 Å². The van der Waals surface area contributed by atoms with Crippen LogP contribution < -0.4 is 10.6 Å². The monoisotopic (exact) mass is 254 g/mol. The lowest BCUT2D eigenvalue weighted by atomic mass is 10.3. The summed E-state index contributed by atoms with van der Waals surface area (Å²) in [6.45, 7) is 3.26. The second kappa shape index (κ2) is 5.03. The number of likely N-dealkylation sites (N-methyl/N-ethyl adjacent to an activating group) is 1. The van der Waals surface area contributed by atoms with Crippen LogP contribution in [0.1, 0.15) is 12.6 Å². The molecule has 0 aromatic carbocycles. The minimum Gasteiger partial charge on any atom is -0.383 e. The quantitative estimate of drug-likeness (QED) is 0.874. The molecule has 0 aliphatic heterocycles. The van der Waals surface area contributed by atoms with Crippen molar-refractivity contribution in [3.05, 3.63) is 17.3 Å². The first-order valence-corrected chi connectivity index (χ1v) is 6.43. The Bertz CT molecular complexity index is 493. The van der Waals surface area contributed by atoms with Crippen LogP contribution in [0.25, 0.3) is 4.96 Å². The minimum absolute atomic E-state index is 0.273. The number of rotatable bonds is 5. The molecule has 0 spiro atoms. The first-order chi connectivity index (χ1) is 8.19. The Hall–Kier alpha value is -1.11. The van der Waals surface area contributed by atoms with E-state index < -0.39 is 0 Å². The van der Waals surface area contributed by atoms with E-state index in [0.29, 0.717) is 13.2 Å². The number of nitrogens with two attached hydrogens (primary N) is 1. The summed E-state index contributed by atoms with van der Waals surface area (Å²) in [7, 11) is 3.73. The fourth-order valence-electron chi connectivity index (χ4n) is 1.86. The molecule has 1 unspecified atom stereocenters. The topological polar surface area (TPSA) is 55.8 Å². The van der Waals surface area contributed by atoms with E-state index in [1.165, 1.54) is 0 Å². The Morgan fingerprint density at radius 2 is 2.41 bits per heavy atom. The zero-order valence-corrected chi connectivity index (χ0v) is 11.2. The number of thiazole rings is 1. The van der Waals surface area contributed by atoms with E-state index in [2.05, 4.69) is 21.2 Å². The maximum Gasteiger partial charge on any atom is 0.195 e. The predicted molar refractivity (Wildman–Crippen MR) is 70.7 cm³/mol. The van der Waals surface area contributed by atoms with Crippen LogP contribution in [0.2, 0.25) is 0 Å². The largest absolute Gasteiger partial charge is 0.383 e. The van der Waals surface area contributed by atoms with Gasteiger partial charge in [0, 0.05) is 32.3 Å². The van der Waals surface area contributed by atoms with E-state index in [4.69, 9.17) is 10.5 Å². The smallest absolute Gasteiger partial charge is 0.195 e. The standard InChI is InChI=1S/C11H18N4OS/c1-8(7-16-3)14(2)10-9(6-12)15-4-5-17-11(15)13-10/h4-5,8H,6-7,12H2,1-3H3. The van der Waals surface area contributed by atoms with Gasteiger partial charge in [0.25, 0.3) is 0 Å². The molecule has 0 saturated carbocycles. The third-order valence-electron chi connectivity index (χ3n) is 2.94. The van der Waals surface area contributed by atoms with Crippen molar-refractivity contribution in [1.82, 2.24) is 9.38 Å². The van der Waals surface area contributed by atoms with Gasteiger partial charge < -0.3 is 15.4 Å². The second-order valence-corrected chi connectivity index (χ2v) is 4.93. The molecule has 1 atom stereocenters. The zero-order chi connectivity index (χ0) is 12.4. The van der Waals surface area contributed by atoms with E-state index >= 15 is 0 Å². The Kier molecular flexibility index (Phi) is 3.66. The molecule has 0 amide bonds. The summed E-state index contributed by atoms with van der Waals surface area (Å²) in [5.41, 5.74) is 6.87. The maximum absolute atomic E-state index is 5.82. The fraction of sp³-hybridized carbons (Fsp3) is 0.545.